The zero-order chi connectivity index (χ0) is 12.5. The molecule has 1 saturated heterocycles. The van der Waals surface area contributed by atoms with Crippen molar-refractivity contribution in [3.05, 3.63) is 0 Å². The van der Waals surface area contributed by atoms with E-state index in [1.54, 1.807) is 0 Å². The molecular weight excluding hydrogens is 316 g/mol. The summed E-state index contributed by atoms with van der Waals surface area (Å²) in [6, 6.07) is 0. The number of cyclic esters (lactones) is 1. The van der Waals surface area contributed by atoms with Crippen LogP contribution in [-0.2, 0) is 23.4 Å². The second kappa shape index (κ2) is 10.8. The smallest absolute Gasteiger partial charge is 0.449 e. The van der Waals surface area contributed by atoms with Crippen molar-refractivity contribution in [1.29, 1.82) is 0 Å². The Bertz CT molecular complexity index is 358. The summed E-state index contributed by atoms with van der Waals surface area (Å²) < 4.78 is 18.6. The number of ether oxygens (including phenoxy) is 1. The Labute approximate surface area is 174 Å². The fourth-order valence-corrected chi connectivity index (χ4v) is 1.57. The van der Waals surface area contributed by atoms with Crippen molar-refractivity contribution in [1.82, 2.24) is 0 Å². The normalized spacial score (nSPS) is 23.6. The van der Waals surface area contributed by atoms with E-state index in [1.165, 1.54) is 0 Å². The maximum atomic E-state index is 11.3. The first kappa shape index (κ1) is 26.1. The molecule has 19 heavy (non-hydrogen) atoms. The van der Waals surface area contributed by atoms with Gasteiger partial charge < -0.3 is 24.7 Å². The van der Waals surface area contributed by atoms with E-state index in [-0.39, 0.29) is 88.7 Å². The number of carbonyl (C=O) groups excluding carboxylic acids is 2. The second-order valence-electron chi connectivity index (χ2n) is 2.99. The van der Waals surface area contributed by atoms with Crippen LogP contribution in [0.5, 0.6) is 0 Å². The number of carbonyl (C=O) groups is 2. The topological polar surface area (TPSA) is 151 Å². The molecular formula is C6H9Na3O9P+3. The summed E-state index contributed by atoms with van der Waals surface area (Å²) in [5.74, 6) is -2.46. The van der Waals surface area contributed by atoms with Gasteiger partial charge in [-0.1, -0.05) is 0 Å². The Balaban J connectivity index is -0.000000853. The first-order chi connectivity index (χ1) is 7.26. The molecule has 0 amide bonds. The Morgan fingerprint density at radius 1 is 1.26 bits per heavy atom. The third kappa shape index (κ3) is 7.83. The fourth-order valence-electron chi connectivity index (χ4n) is 1.11. The Morgan fingerprint density at radius 3 is 2.11 bits per heavy atom. The molecule has 0 saturated carbocycles. The van der Waals surface area contributed by atoms with Crippen LogP contribution >= 0.6 is 7.82 Å². The summed E-state index contributed by atoms with van der Waals surface area (Å²) in [7, 11) is -5.02. The SMILES string of the molecule is O=C1O[C@H]([C@H](O)CO)C(=O)C1OP(=O)(O)O.[Na+].[Na+].[Na+]. The van der Waals surface area contributed by atoms with Crippen molar-refractivity contribution < 1.29 is 132 Å². The summed E-state index contributed by atoms with van der Waals surface area (Å²) in [6.45, 7) is -0.841. The van der Waals surface area contributed by atoms with E-state index in [2.05, 4.69) is 9.26 Å². The molecule has 3 atom stereocenters. The van der Waals surface area contributed by atoms with Gasteiger partial charge in [-0.3, -0.25) is 9.32 Å². The Morgan fingerprint density at radius 2 is 1.74 bits per heavy atom. The van der Waals surface area contributed by atoms with E-state index < -0.39 is 44.5 Å². The molecule has 0 spiro atoms. The predicted molar refractivity (Wildman–Crippen MR) is 44.9 cm³/mol. The van der Waals surface area contributed by atoms with Crippen LogP contribution in [0.25, 0.3) is 0 Å². The van der Waals surface area contributed by atoms with Crippen molar-refractivity contribution in [3.63, 3.8) is 0 Å². The minimum absolute atomic E-state index is 0. The molecule has 92 valence electrons. The largest absolute Gasteiger partial charge is 1.00 e. The molecule has 1 aliphatic rings. The van der Waals surface area contributed by atoms with Gasteiger partial charge in [0.05, 0.1) is 6.61 Å². The molecule has 9 nitrogen and oxygen atoms in total. The van der Waals surface area contributed by atoms with Gasteiger partial charge in [0.25, 0.3) is 0 Å². The van der Waals surface area contributed by atoms with E-state index in [1.807, 2.05) is 0 Å². The molecule has 0 aromatic carbocycles. The second-order valence-corrected chi connectivity index (χ2v) is 4.18. The van der Waals surface area contributed by atoms with Gasteiger partial charge in [-0.15, -0.1) is 0 Å². The summed E-state index contributed by atoms with van der Waals surface area (Å²) >= 11 is 0. The molecule has 4 N–H and O–H groups in total. The van der Waals surface area contributed by atoms with Crippen molar-refractivity contribution in [2.45, 2.75) is 18.3 Å². The number of aliphatic hydroxyl groups is 2. The number of esters is 1. The van der Waals surface area contributed by atoms with Crippen LogP contribution in [-0.4, -0.2) is 56.7 Å². The number of phosphoric acid groups is 1. The maximum Gasteiger partial charge on any atom is 1.00 e. The van der Waals surface area contributed by atoms with Crippen LogP contribution in [0.3, 0.4) is 0 Å². The fraction of sp³-hybridized carbons (Fsp3) is 0.667. The van der Waals surface area contributed by atoms with E-state index in [4.69, 9.17) is 20.0 Å². The minimum atomic E-state index is -5.02. The first-order valence-electron chi connectivity index (χ1n) is 4.03. The summed E-state index contributed by atoms with van der Waals surface area (Å²) in [4.78, 5) is 39.1. The molecule has 1 fully saturated rings. The molecule has 1 aliphatic heterocycles. The van der Waals surface area contributed by atoms with Crippen molar-refractivity contribution >= 4 is 19.6 Å². The maximum absolute atomic E-state index is 11.3. The predicted octanol–water partition coefficient (Wildman–Crippen LogP) is -11.7. The molecule has 13 heteroatoms. The van der Waals surface area contributed by atoms with Crippen molar-refractivity contribution in [2.24, 2.45) is 0 Å². The van der Waals surface area contributed by atoms with Crippen LogP contribution in [0, 0.1) is 0 Å². The molecule has 0 aromatic heterocycles. The minimum Gasteiger partial charge on any atom is -0.449 e. The summed E-state index contributed by atoms with van der Waals surface area (Å²) in [6.07, 6.45) is -5.40. The van der Waals surface area contributed by atoms with Crippen LogP contribution in [0.4, 0.5) is 0 Å². The number of Topliss-reactive ketones (excluding diaryl/α,β-unsaturated/α-hetero) is 1. The number of hydrogen-bond donors (Lipinski definition) is 4. The number of hydrogen-bond acceptors (Lipinski definition) is 7. The van der Waals surface area contributed by atoms with Gasteiger partial charge >= 0.3 is 102 Å². The molecule has 1 heterocycles. The third-order valence-corrected chi connectivity index (χ3v) is 2.26. The number of aliphatic hydroxyl groups excluding tert-OH is 2. The molecule has 0 aromatic rings. The molecule has 0 radical (unpaired) electrons. The van der Waals surface area contributed by atoms with E-state index in [0.717, 1.165) is 0 Å². The van der Waals surface area contributed by atoms with E-state index in [0.29, 0.717) is 0 Å². The third-order valence-electron chi connectivity index (χ3n) is 1.78. The van der Waals surface area contributed by atoms with E-state index in [9.17, 15) is 14.2 Å². The summed E-state index contributed by atoms with van der Waals surface area (Å²) in [5.41, 5.74) is 0. The van der Waals surface area contributed by atoms with Gasteiger partial charge in [0.15, 0.2) is 6.10 Å². The molecule has 0 bridgehead atoms. The average Bonchev–Trinajstić information content (AvgIpc) is 2.42. The standard InChI is InChI=1S/C6H9O9P.3Na/c7-1-2(8)4-3(9)5(6(10)14-4)15-16(11,12)13;;;/h2,4-5,7-8H,1H2,(H2,11,12,13);;;/q;3*+1/t2-,4-,5?;;;/m1.../s1. The van der Waals surface area contributed by atoms with Crippen LogP contribution in [0.15, 0.2) is 0 Å². The van der Waals surface area contributed by atoms with Gasteiger partial charge in [-0.2, -0.15) is 0 Å². The molecule has 0 aliphatic carbocycles. The van der Waals surface area contributed by atoms with Crippen LogP contribution in [0.1, 0.15) is 0 Å². The van der Waals surface area contributed by atoms with Gasteiger partial charge in [-0.05, 0) is 0 Å². The van der Waals surface area contributed by atoms with Crippen molar-refractivity contribution in [2.75, 3.05) is 6.61 Å². The Kier molecular flexibility index (Phi) is 14.9. The zero-order valence-corrected chi connectivity index (χ0v) is 17.6. The monoisotopic (exact) mass is 325 g/mol. The number of rotatable bonds is 4. The molecule has 1 rings (SSSR count). The number of phosphoric ester groups is 1. The average molecular weight is 325 g/mol. The van der Waals surface area contributed by atoms with Gasteiger partial charge in [0.2, 0.25) is 11.9 Å². The van der Waals surface area contributed by atoms with Gasteiger partial charge in [0.1, 0.15) is 6.10 Å². The molecule has 1 unspecified atom stereocenters. The quantitative estimate of drug-likeness (QED) is 0.171. The van der Waals surface area contributed by atoms with Crippen molar-refractivity contribution in [3.8, 4) is 0 Å². The number of ketones is 1. The Hall–Kier alpha value is 2.17. The first-order valence-corrected chi connectivity index (χ1v) is 5.56. The van der Waals surface area contributed by atoms with Gasteiger partial charge in [-0.25, -0.2) is 9.36 Å². The van der Waals surface area contributed by atoms with Gasteiger partial charge in [0, 0.05) is 0 Å². The summed E-state index contributed by atoms with van der Waals surface area (Å²) in [5, 5.41) is 17.6. The van der Waals surface area contributed by atoms with Crippen LogP contribution < -0.4 is 88.7 Å². The van der Waals surface area contributed by atoms with Crippen LogP contribution in [0.2, 0.25) is 0 Å². The zero-order valence-electron chi connectivity index (χ0n) is 10.7. The van der Waals surface area contributed by atoms with E-state index >= 15 is 0 Å².